The molecule has 1 saturated carbocycles. The maximum Gasteiger partial charge on any atom is 0.317 e. The lowest BCUT2D eigenvalue weighted by Crippen LogP contribution is -2.47. The molecule has 0 amide bonds. The molecule has 0 heterocycles. The zero-order chi connectivity index (χ0) is 16.9. The summed E-state index contributed by atoms with van der Waals surface area (Å²) >= 11 is 0. The summed E-state index contributed by atoms with van der Waals surface area (Å²) in [5.41, 5.74) is 2.23. The number of allylic oxidation sites excluding steroid dienone is 2. The summed E-state index contributed by atoms with van der Waals surface area (Å²) in [5, 5.41) is 0. The molecule has 0 radical (unpaired) electrons. The predicted octanol–water partition coefficient (Wildman–Crippen LogP) is 1.71. The monoisotopic (exact) mass is 309 g/mol. The number of methoxy groups -OCH3 is 1. The second kappa shape index (κ2) is 7.35. The molecule has 0 saturated heterocycles. The van der Waals surface area contributed by atoms with Crippen molar-refractivity contribution in [3.63, 3.8) is 0 Å². The Hall–Kier alpha value is -1.95. The van der Waals surface area contributed by atoms with E-state index >= 15 is 0 Å². The van der Waals surface area contributed by atoms with Crippen molar-refractivity contribution in [2.24, 2.45) is 11.3 Å². The number of Topliss-reactive ketones (excluding diaryl/α,β-unsaturated/α-hetero) is 2. The van der Waals surface area contributed by atoms with Gasteiger partial charge in [-0.25, -0.2) is 0 Å². The topological polar surface area (TPSA) is 81.7 Å². The van der Waals surface area contributed by atoms with Crippen LogP contribution in [0.25, 0.3) is 0 Å². The summed E-state index contributed by atoms with van der Waals surface area (Å²) in [6.45, 7) is 8.97. The summed E-state index contributed by atoms with van der Waals surface area (Å²) < 4.78 is 4.73. The summed E-state index contributed by atoms with van der Waals surface area (Å²) in [6, 6.07) is 0. The van der Waals surface area contributed by atoms with Gasteiger partial charge in [0.1, 0.15) is 5.92 Å². The Morgan fingerprint density at radius 3 is 2.59 bits per heavy atom. The molecule has 6 nitrogen and oxygen atoms in total. The van der Waals surface area contributed by atoms with Gasteiger partial charge < -0.3 is 4.74 Å². The largest absolute Gasteiger partial charge is 0.468 e. The molecule has 6 heteroatoms. The van der Waals surface area contributed by atoms with Gasteiger partial charge in [0.05, 0.1) is 25.0 Å². The molecule has 1 fully saturated rings. The summed E-state index contributed by atoms with van der Waals surface area (Å²) in [7, 11) is 1.23. The van der Waals surface area contributed by atoms with Crippen LogP contribution in [0, 0.1) is 11.3 Å². The Morgan fingerprint density at radius 1 is 1.45 bits per heavy atom. The molecule has 0 bridgehead atoms. The first-order valence-electron chi connectivity index (χ1n) is 7.17. The molecule has 0 aromatic carbocycles. The van der Waals surface area contributed by atoms with E-state index in [9.17, 15) is 14.4 Å². The average Bonchev–Trinajstić information content (AvgIpc) is 2.43. The van der Waals surface area contributed by atoms with E-state index in [2.05, 4.69) is 12.1 Å². The first kappa shape index (κ1) is 18.1. The first-order valence-corrected chi connectivity index (χ1v) is 7.17. The maximum atomic E-state index is 12.7. The average molecular weight is 309 g/mol. The molecule has 0 aromatic heterocycles. The zero-order valence-electron chi connectivity index (χ0n) is 13.5. The summed E-state index contributed by atoms with van der Waals surface area (Å²) in [5.74, 6) is -2.42. The van der Waals surface area contributed by atoms with Gasteiger partial charge in [0.25, 0.3) is 0 Å². The fourth-order valence-corrected chi connectivity index (χ4v) is 2.59. The van der Waals surface area contributed by atoms with Crippen LogP contribution in [0.5, 0.6) is 0 Å². The number of hydroxylamine groups is 1. The van der Waals surface area contributed by atoms with E-state index in [1.54, 1.807) is 20.8 Å². The highest BCUT2D eigenvalue weighted by Crippen LogP contribution is 2.40. The quantitative estimate of drug-likeness (QED) is 0.153. The third-order valence-corrected chi connectivity index (χ3v) is 3.67. The van der Waals surface area contributed by atoms with E-state index < -0.39 is 23.1 Å². The predicted molar refractivity (Wildman–Crippen MR) is 80.5 cm³/mol. The maximum absolute atomic E-state index is 12.7. The van der Waals surface area contributed by atoms with Crippen molar-refractivity contribution in [3.8, 4) is 0 Å². The van der Waals surface area contributed by atoms with Crippen LogP contribution < -0.4 is 5.48 Å². The number of carbonyl (C=O) groups is 3. The van der Waals surface area contributed by atoms with Gasteiger partial charge in [0.15, 0.2) is 11.6 Å². The highest BCUT2D eigenvalue weighted by molar-refractivity contribution is 6.27. The Bertz CT molecular complexity index is 519. The Labute approximate surface area is 130 Å². The smallest absolute Gasteiger partial charge is 0.317 e. The van der Waals surface area contributed by atoms with E-state index in [0.29, 0.717) is 12.1 Å². The molecule has 1 atom stereocenters. The Morgan fingerprint density at radius 2 is 2.09 bits per heavy atom. The van der Waals surface area contributed by atoms with E-state index in [-0.39, 0.29) is 24.4 Å². The SMILES string of the molecule is C=CCON/C(CC)=C1/C(=O)CC(C)(C)C(C(=O)OC)C1=O. The molecule has 1 rings (SSSR count). The van der Waals surface area contributed by atoms with Crippen molar-refractivity contribution in [3.05, 3.63) is 23.9 Å². The van der Waals surface area contributed by atoms with E-state index in [4.69, 9.17) is 9.57 Å². The molecule has 0 aliphatic heterocycles. The van der Waals surface area contributed by atoms with E-state index in [0.717, 1.165) is 0 Å². The number of ketones is 2. The van der Waals surface area contributed by atoms with Crippen LogP contribution in [0.15, 0.2) is 23.9 Å². The summed E-state index contributed by atoms with van der Waals surface area (Å²) in [6.07, 6.45) is 2.04. The second-order valence-corrected chi connectivity index (χ2v) is 5.82. The van der Waals surface area contributed by atoms with Crippen molar-refractivity contribution in [2.45, 2.75) is 33.6 Å². The van der Waals surface area contributed by atoms with Gasteiger partial charge in [-0.2, -0.15) is 0 Å². The molecular formula is C16H23NO5. The van der Waals surface area contributed by atoms with Crippen LogP contribution >= 0.6 is 0 Å². The van der Waals surface area contributed by atoms with Gasteiger partial charge in [-0.15, -0.1) is 6.58 Å². The van der Waals surface area contributed by atoms with Crippen LogP contribution in [0.2, 0.25) is 0 Å². The fourth-order valence-electron chi connectivity index (χ4n) is 2.59. The summed E-state index contributed by atoms with van der Waals surface area (Å²) in [4.78, 5) is 42.1. The van der Waals surface area contributed by atoms with Crippen LogP contribution in [-0.4, -0.2) is 31.3 Å². The van der Waals surface area contributed by atoms with Crippen molar-refractivity contribution in [2.75, 3.05) is 13.7 Å². The van der Waals surface area contributed by atoms with Crippen LogP contribution in [0.3, 0.4) is 0 Å². The number of carbonyl (C=O) groups excluding carboxylic acids is 3. The molecule has 1 aliphatic rings. The molecule has 0 aromatic rings. The van der Waals surface area contributed by atoms with Gasteiger partial charge >= 0.3 is 5.97 Å². The van der Waals surface area contributed by atoms with Crippen LogP contribution in [-0.2, 0) is 24.0 Å². The number of hydrogen-bond donors (Lipinski definition) is 1. The van der Waals surface area contributed by atoms with Gasteiger partial charge in [-0.3, -0.25) is 24.7 Å². The van der Waals surface area contributed by atoms with Crippen molar-refractivity contribution < 1.29 is 24.0 Å². The number of hydrogen-bond acceptors (Lipinski definition) is 6. The molecule has 1 aliphatic carbocycles. The molecule has 1 unspecified atom stereocenters. The second-order valence-electron chi connectivity index (χ2n) is 5.82. The first-order chi connectivity index (χ1) is 10.3. The highest BCUT2D eigenvalue weighted by atomic mass is 16.6. The Balaban J connectivity index is 3.23. The van der Waals surface area contributed by atoms with Crippen molar-refractivity contribution >= 4 is 17.5 Å². The number of nitrogens with one attached hydrogen (secondary N) is 1. The lowest BCUT2D eigenvalue weighted by molar-refractivity contribution is -0.155. The minimum absolute atomic E-state index is 0.00119. The van der Waals surface area contributed by atoms with Gasteiger partial charge in [0.2, 0.25) is 0 Å². The van der Waals surface area contributed by atoms with Crippen LogP contribution in [0.1, 0.15) is 33.6 Å². The van der Waals surface area contributed by atoms with E-state index in [1.807, 2.05) is 0 Å². The number of rotatable bonds is 6. The normalized spacial score (nSPS) is 23.0. The highest BCUT2D eigenvalue weighted by Gasteiger charge is 2.50. The Kier molecular flexibility index (Phi) is 6.05. The number of esters is 1. The third-order valence-electron chi connectivity index (χ3n) is 3.67. The minimum atomic E-state index is -0.993. The lowest BCUT2D eigenvalue weighted by atomic mass is 9.65. The number of ether oxygens (including phenoxy) is 1. The molecule has 22 heavy (non-hydrogen) atoms. The van der Waals surface area contributed by atoms with Crippen molar-refractivity contribution in [1.82, 2.24) is 5.48 Å². The third kappa shape index (κ3) is 3.62. The molecule has 1 N–H and O–H groups in total. The molecule has 0 spiro atoms. The van der Waals surface area contributed by atoms with Crippen molar-refractivity contribution in [1.29, 1.82) is 0 Å². The minimum Gasteiger partial charge on any atom is -0.468 e. The van der Waals surface area contributed by atoms with Gasteiger partial charge in [0, 0.05) is 6.42 Å². The zero-order valence-corrected chi connectivity index (χ0v) is 13.5. The lowest BCUT2D eigenvalue weighted by Gasteiger charge is -2.36. The van der Waals surface area contributed by atoms with Gasteiger partial charge in [-0.05, 0) is 11.8 Å². The fraction of sp³-hybridized carbons (Fsp3) is 0.562. The van der Waals surface area contributed by atoms with Gasteiger partial charge in [-0.1, -0.05) is 26.8 Å². The standard InChI is InChI=1S/C16H23NO5/c1-6-8-22-17-10(7-2)12-11(18)9-16(3,4)13(14(12)19)15(20)21-5/h6,13,17H,1,7-9H2,2-5H3/b12-10-. The van der Waals surface area contributed by atoms with E-state index in [1.165, 1.54) is 13.2 Å². The van der Waals surface area contributed by atoms with Crippen LogP contribution in [0.4, 0.5) is 0 Å². The molecular weight excluding hydrogens is 286 g/mol. The molecule has 122 valence electrons.